The van der Waals surface area contributed by atoms with Crippen molar-refractivity contribution in [2.75, 3.05) is 11.9 Å². The summed E-state index contributed by atoms with van der Waals surface area (Å²) < 4.78 is 14.2. The van der Waals surface area contributed by atoms with E-state index in [2.05, 4.69) is 32.2 Å². The Balaban J connectivity index is 2.00. The molecular weight excluding hydrogens is 385 g/mol. The fraction of sp³-hybridized carbons (Fsp3) is 0.182. The van der Waals surface area contributed by atoms with Crippen LogP contribution in [0.2, 0.25) is 0 Å². The lowest BCUT2D eigenvalue weighted by molar-refractivity contribution is 0.0924. The minimum Gasteiger partial charge on any atom is -0.392 e. The van der Waals surface area contributed by atoms with Crippen LogP contribution < -0.4 is 10.6 Å². The molecule has 0 saturated carbocycles. The van der Waals surface area contributed by atoms with Gasteiger partial charge in [-0.2, -0.15) is 0 Å². The summed E-state index contributed by atoms with van der Waals surface area (Å²) in [6.07, 6.45) is 5.39. The molecule has 0 spiro atoms. The highest BCUT2D eigenvalue weighted by Gasteiger charge is 2.16. The molecule has 0 saturated heterocycles. The number of pyridine rings is 3. The van der Waals surface area contributed by atoms with Crippen LogP contribution in [-0.2, 0) is 0 Å². The third kappa shape index (κ3) is 4.84. The Labute approximate surface area is 173 Å². The predicted molar refractivity (Wildman–Crippen MR) is 114 cm³/mol. The normalized spacial score (nSPS) is 11.6. The summed E-state index contributed by atoms with van der Waals surface area (Å²) in [6.45, 7) is 7.48. The van der Waals surface area contributed by atoms with Crippen molar-refractivity contribution in [3.8, 4) is 11.4 Å². The largest absolute Gasteiger partial charge is 0.392 e. The Morgan fingerprint density at radius 1 is 1.20 bits per heavy atom. The third-order valence-electron chi connectivity index (χ3n) is 4.26. The quantitative estimate of drug-likeness (QED) is 0.554. The number of anilines is 2. The molecule has 3 N–H and O–H groups in total. The second-order valence-corrected chi connectivity index (χ2v) is 6.83. The second kappa shape index (κ2) is 9.23. The van der Waals surface area contributed by atoms with Gasteiger partial charge < -0.3 is 15.7 Å². The van der Waals surface area contributed by atoms with E-state index < -0.39 is 11.9 Å². The smallest absolute Gasteiger partial charge is 0.255 e. The van der Waals surface area contributed by atoms with Crippen molar-refractivity contribution in [3.63, 3.8) is 0 Å². The van der Waals surface area contributed by atoms with Crippen LogP contribution >= 0.6 is 0 Å². The van der Waals surface area contributed by atoms with E-state index in [1.54, 1.807) is 31.5 Å². The summed E-state index contributed by atoms with van der Waals surface area (Å²) in [6, 6.07) is 6.14. The Bertz CT molecular complexity index is 1080. The molecule has 0 aromatic carbocycles. The first kappa shape index (κ1) is 21.1. The molecule has 0 fully saturated rings. The zero-order valence-corrected chi connectivity index (χ0v) is 16.7. The van der Waals surface area contributed by atoms with E-state index in [4.69, 9.17) is 0 Å². The van der Waals surface area contributed by atoms with E-state index in [9.17, 15) is 14.3 Å². The minimum atomic E-state index is -0.673. The number of aromatic nitrogens is 3. The lowest BCUT2D eigenvalue weighted by Gasteiger charge is -2.16. The highest BCUT2D eigenvalue weighted by molar-refractivity contribution is 6.00. The molecular formula is C22H22FN5O2. The molecule has 1 amide bonds. The van der Waals surface area contributed by atoms with E-state index in [0.717, 1.165) is 5.57 Å². The molecule has 0 radical (unpaired) electrons. The Hall–Kier alpha value is -3.65. The van der Waals surface area contributed by atoms with E-state index in [-0.39, 0.29) is 18.1 Å². The maximum absolute atomic E-state index is 14.2. The van der Waals surface area contributed by atoms with Gasteiger partial charge in [0.05, 0.1) is 23.0 Å². The molecule has 3 aromatic heterocycles. The highest BCUT2D eigenvalue weighted by atomic mass is 19.1. The highest BCUT2D eigenvalue weighted by Crippen LogP contribution is 2.30. The number of amides is 1. The van der Waals surface area contributed by atoms with Gasteiger partial charge in [-0.1, -0.05) is 6.58 Å². The van der Waals surface area contributed by atoms with Crippen LogP contribution in [0.5, 0.6) is 0 Å². The molecule has 0 aliphatic heterocycles. The first-order valence-corrected chi connectivity index (χ1v) is 9.31. The summed E-state index contributed by atoms with van der Waals surface area (Å²) in [5.74, 6) is -0.866. The molecule has 1 atom stereocenters. The topological polar surface area (TPSA) is 100 Å². The number of rotatable bonds is 7. The van der Waals surface area contributed by atoms with Gasteiger partial charge >= 0.3 is 0 Å². The fourth-order valence-electron chi connectivity index (χ4n) is 2.77. The maximum atomic E-state index is 14.2. The van der Waals surface area contributed by atoms with E-state index in [0.29, 0.717) is 28.2 Å². The van der Waals surface area contributed by atoms with Gasteiger partial charge in [-0.25, -0.2) is 4.39 Å². The Morgan fingerprint density at radius 2 is 2.00 bits per heavy atom. The fourth-order valence-corrected chi connectivity index (χ4v) is 2.77. The summed E-state index contributed by atoms with van der Waals surface area (Å²) in [4.78, 5) is 24.9. The van der Waals surface area contributed by atoms with Crippen LogP contribution in [0.3, 0.4) is 0 Å². The van der Waals surface area contributed by atoms with Crippen LogP contribution in [0.25, 0.3) is 17.0 Å². The molecule has 154 valence electrons. The number of aliphatic hydroxyl groups excluding tert-OH is 1. The van der Waals surface area contributed by atoms with Crippen molar-refractivity contribution in [2.24, 2.45) is 0 Å². The number of aliphatic hydroxyl groups is 1. The average Bonchev–Trinajstić information content (AvgIpc) is 2.72. The van der Waals surface area contributed by atoms with Gasteiger partial charge in [0.25, 0.3) is 5.91 Å². The number of carbonyl (C=O) groups is 1. The van der Waals surface area contributed by atoms with E-state index in [1.165, 1.54) is 24.5 Å². The summed E-state index contributed by atoms with van der Waals surface area (Å²) in [5.41, 5.74) is 3.30. The van der Waals surface area contributed by atoms with Crippen molar-refractivity contribution < 1.29 is 14.3 Å². The molecule has 0 aliphatic rings. The molecule has 7 nitrogen and oxygen atoms in total. The lowest BCUT2D eigenvalue weighted by atomic mass is 10.1. The summed E-state index contributed by atoms with van der Waals surface area (Å²) in [7, 11) is 0. The number of nitrogens with zero attached hydrogens (tertiary/aromatic N) is 3. The third-order valence-corrected chi connectivity index (χ3v) is 4.26. The molecule has 3 aromatic rings. The SMILES string of the molecule is C=C(C)c1cnc(-c2ncccc2F)cc1Nc1ccncc1C(=O)NCC(C)O. The predicted octanol–water partition coefficient (Wildman–Crippen LogP) is 3.57. The van der Waals surface area contributed by atoms with Crippen molar-refractivity contribution in [1.82, 2.24) is 20.3 Å². The monoisotopic (exact) mass is 407 g/mol. The molecule has 8 heteroatoms. The zero-order chi connectivity index (χ0) is 21.7. The van der Waals surface area contributed by atoms with Crippen LogP contribution in [-0.4, -0.2) is 38.6 Å². The second-order valence-electron chi connectivity index (χ2n) is 6.83. The maximum Gasteiger partial charge on any atom is 0.255 e. The summed E-state index contributed by atoms with van der Waals surface area (Å²) in [5, 5.41) is 15.3. The number of carbonyl (C=O) groups excluding carboxylic acids is 1. The van der Waals surface area contributed by atoms with Crippen molar-refractivity contribution >= 4 is 22.9 Å². The molecule has 30 heavy (non-hydrogen) atoms. The average molecular weight is 407 g/mol. The van der Waals surface area contributed by atoms with Crippen molar-refractivity contribution in [2.45, 2.75) is 20.0 Å². The number of hydrogen-bond donors (Lipinski definition) is 3. The number of hydrogen-bond acceptors (Lipinski definition) is 6. The molecule has 0 bridgehead atoms. The van der Waals surface area contributed by atoms with Crippen LogP contribution in [0.1, 0.15) is 29.8 Å². The van der Waals surface area contributed by atoms with Crippen LogP contribution in [0.4, 0.5) is 15.8 Å². The molecule has 3 rings (SSSR count). The van der Waals surface area contributed by atoms with E-state index >= 15 is 0 Å². The zero-order valence-electron chi connectivity index (χ0n) is 16.7. The van der Waals surface area contributed by atoms with Crippen molar-refractivity contribution in [1.29, 1.82) is 0 Å². The lowest BCUT2D eigenvalue weighted by Crippen LogP contribution is -2.31. The van der Waals surface area contributed by atoms with Gasteiger partial charge in [0.2, 0.25) is 0 Å². The number of nitrogens with one attached hydrogen (secondary N) is 2. The van der Waals surface area contributed by atoms with Gasteiger partial charge in [0.15, 0.2) is 5.82 Å². The first-order valence-electron chi connectivity index (χ1n) is 9.31. The van der Waals surface area contributed by atoms with E-state index in [1.807, 2.05) is 6.92 Å². The number of halogens is 1. The standard InChI is InChI=1S/C22H22FN5O2/c1-13(2)15-12-26-20(21-17(23)5-4-7-25-21)9-19(15)28-18-6-8-24-11-16(18)22(30)27-10-14(3)29/h4-9,11-12,14,29H,1,10H2,2-3H3,(H,27,30)(H,24,26,28). The Morgan fingerprint density at radius 3 is 2.70 bits per heavy atom. The first-order chi connectivity index (χ1) is 14.4. The number of allylic oxidation sites excluding steroid dienone is 1. The minimum absolute atomic E-state index is 0.114. The van der Waals surface area contributed by atoms with Gasteiger partial charge in [-0.3, -0.25) is 19.7 Å². The van der Waals surface area contributed by atoms with Gasteiger partial charge in [0.1, 0.15) is 5.69 Å². The van der Waals surface area contributed by atoms with Gasteiger partial charge in [-0.15, -0.1) is 0 Å². The van der Waals surface area contributed by atoms with Crippen LogP contribution in [0, 0.1) is 5.82 Å². The van der Waals surface area contributed by atoms with Crippen molar-refractivity contribution in [3.05, 3.63) is 72.6 Å². The molecule has 3 heterocycles. The Kier molecular flexibility index (Phi) is 6.48. The molecule has 1 unspecified atom stereocenters. The summed E-state index contributed by atoms with van der Waals surface area (Å²) >= 11 is 0. The molecule has 0 aliphatic carbocycles. The van der Waals surface area contributed by atoms with Crippen LogP contribution in [0.15, 0.2) is 55.6 Å². The van der Waals surface area contributed by atoms with Gasteiger partial charge in [-0.05, 0) is 43.7 Å². The van der Waals surface area contributed by atoms with Gasteiger partial charge in [0, 0.05) is 42.6 Å².